The summed E-state index contributed by atoms with van der Waals surface area (Å²) in [6.45, 7) is 8.37. The number of carbonyl (C=O) groups excluding carboxylic acids is 2. The third-order valence-corrected chi connectivity index (χ3v) is 6.22. The van der Waals surface area contributed by atoms with Gasteiger partial charge in [0.2, 0.25) is 5.91 Å². The third kappa shape index (κ3) is 4.59. The Kier molecular flexibility index (Phi) is 6.46. The molecule has 1 atom stereocenters. The van der Waals surface area contributed by atoms with Crippen molar-refractivity contribution in [1.29, 1.82) is 0 Å². The molecule has 3 rings (SSSR count). The van der Waals surface area contributed by atoms with E-state index in [1.54, 1.807) is 11.3 Å². The summed E-state index contributed by atoms with van der Waals surface area (Å²) in [4.78, 5) is 32.4. The van der Waals surface area contributed by atoms with Crippen LogP contribution in [0.4, 0.5) is 0 Å². The molecule has 0 aliphatic carbocycles. The lowest BCUT2D eigenvalue weighted by Crippen LogP contribution is -2.47. The van der Waals surface area contributed by atoms with Crippen molar-refractivity contribution in [2.75, 3.05) is 6.54 Å². The Bertz CT molecular complexity index is 845. The minimum absolute atomic E-state index is 0.0435. The van der Waals surface area contributed by atoms with Crippen LogP contribution in [-0.2, 0) is 30.7 Å². The first-order valence-electron chi connectivity index (χ1n) is 9.74. The van der Waals surface area contributed by atoms with Gasteiger partial charge in [0.1, 0.15) is 6.04 Å². The summed E-state index contributed by atoms with van der Waals surface area (Å²) in [6.07, 6.45) is 3.76. The quantitative estimate of drug-likeness (QED) is 0.747. The number of hydrogen-bond acceptors (Lipinski definition) is 5. The highest BCUT2D eigenvalue weighted by Crippen LogP contribution is 2.29. The van der Waals surface area contributed by atoms with Gasteiger partial charge >= 0.3 is 0 Å². The molecule has 0 saturated heterocycles. The van der Waals surface area contributed by atoms with Gasteiger partial charge in [0.15, 0.2) is 0 Å². The molecule has 0 unspecified atom stereocenters. The largest absolute Gasteiger partial charge is 0.368 e. The van der Waals surface area contributed by atoms with Crippen LogP contribution in [0.3, 0.4) is 0 Å². The molecule has 3 N–H and O–H groups in total. The lowest BCUT2D eigenvalue weighted by Gasteiger charge is -2.27. The molecule has 1 aliphatic heterocycles. The van der Waals surface area contributed by atoms with E-state index in [0.29, 0.717) is 5.56 Å². The Morgan fingerprint density at radius 3 is 2.75 bits per heavy atom. The van der Waals surface area contributed by atoms with Crippen molar-refractivity contribution in [3.8, 4) is 0 Å². The highest BCUT2D eigenvalue weighted by Gasteiger charge is 2.27. The van der Waals surface area contributed by atoms with E-state index in [1.165, 1.54) is 10.4 Å². The van der Waals surface area contributed by atoms with Crippen LogP contribution < -0.4 is 11.1 Å². The van der Waals surface area contributed by atoms with E-state index < -0.39 is 11.9 Å². The van der Waals surface area contributed by atoms with Crippen LogP contribution in [-0.4, -0.2) is 34.3 Å². The van der Waals surface area contributed by atoms with Gasteiger partial charge in [-0.25, -0.2) is 0 Å². The molecule has 28 heavy (non-hydrogen) atoms. The molecular weight excluding hydrogens is 372 g/mol. The van der Waals surface area contributed by atoms with E-state index in [2.05, 4.69) is 34.3 Å². The lowest BCUT2D eigenvalue weighted by atomic mass is 10.0. The average Bonchev–Trinajstić information content (AvgIpc) is 3.09. The number of nitrogens with one attached hydrogen (secondary N) is 1. The van der Waals surface area contributed by atoms with Gasteiger partial charge < -0.3 is 11.1 Å². The number of nitrogens with two attached hydrogens (primary N) is 1. The summed E-state index contributed by atoms with van der Waals surface area (Å²) in [6, 6.07) is 3.58. The van der Waals surface area contributed by atoms with Gasteiger partial charge in [-0.1, -0.05) is 26.8 Å². The molecule has 150 valence electrons. The van der Waals surface area contributed by atoms with Crippen LogP contribution in [0.2, 0.25) is 0 Å². The number of aryl methyl sites for hydroxylation is 1. The van der Waals surface area contributed by atoms with Crippen LogP contribution in [0.25, 0.3) is 0 Å². The molecule has 0 radical (unpaired) electrons. The zero-order valence-corrected chi connectivity index (χ0v) is 17.5. The van der Waals surface area contributed by atoms with Gasteiger partial charge in [-0.15, -0.1) is 11.3 Å². The molecule has 7 heteroatoms. The smallest absolute Gasteiger partial charge is 0.253 e. The summed E-state index contributed by atoms with van der Waals surface area (Å²) >= 11 is 1.61. The molecule has 0 aromatic carbocycles. The fraction of sp³-hybridized carbons (Fsp3) is 0.476. The van der Waals surface area contributed by atoms with Crippen molar-refractivity contribution in [2.24, 2.45) is 11.7 Å². The Morgan fingerprint density at radius 2 is 2.14 bits per heavy atom. The van der Waals surface area contributed by atoms with E-state index in [1.807, 2.05) is 25.4 Å². The Labute approximate surface area is 170 Å². The highest BCUT2D eigenvalue weighted by atomic mass is 32.1. The first-order valence-corrected chi connectivity index (χ1v) is 10.6. The second-order valence-electron chi connectivity index (χ2n) is 7.62. The van der Waals surface area contributed by atoms with E-state index in [-0.39, 0.29) is 11.8 Å². The van der Waals surface area contributed by atoms with Crippen molar-refractivity contribution >= 4 is 23.2 Å². The Morgan fingerprint density at radius 1 is 1.36 bits per heavy atom. The first-order chi connectivity index (χ1) is 13.4. The van der Waals surface area contributed by atoms with Gasteiger partial charge in [0, 0.05) is 36.1 Å². The summed E-state index contributed by atoms with van der Waals surface area (Å²) in [7, 11) is 0. The van der Waals surface area contributed by atoms with E-state index in [9.17, 15) is 9.59 Å². The molecule has 0 fully saturated rings. The van der Waals surface area contributed by atoms with E-state index in [4.69, 9.17) is 5.73 Å². The number of thiophene rings is 1. The van der Waals surface area contributed by atoms with E-state index in [0.717, 1.165) is 43.7 Å². The molecule has 2 amide bonds. The minimum Gasteiger partial charge on any atom is -0.368 e. The zero-order valence-electron chi connectivity index (χ0n) is 16.7. The summed E-state index contributed by atoms with van der Waals surface area (Å²) < 4.78 is 0. The third-order valence-electron chi connectivity index (χ3n) is 5.21. The zero-order chi connectivity index (χ0) is 20.3. The van der Waals surface area contributed by atoms with Gasteiger partial charge in [-0.05, 0) is 36.0 Å². The molecule has 0 spiro atoms. The highest BCUT2D eigenvalue weighted by molar-refractivity contribution is 7.10. The van der Waals surface area contributed by atoms with Crippen molar-refractivity contribution in [2.45, 2.75) is 52.7 Å². The fourth-order valence-corrected chi connectivity index (χ4v) is 4.60. The predicted molar refractivity (Wildman–Crippen MR) is 111 cm³/mol. The minimum atomic E-state index is -0.652. The summed E-state index contributed by atoms with van der Waals surface area (Å²) in [5.74, 6) is -0.751. The number of aromatic nitrogens is 1. The van der Waals surface area contributed by atoms with Crippen molar-refractivity contribution in [3.05, 3.63) is 51.0 Å². The molecule has 1 aliphatic rings. The normalized spacial score (nSPS) is 15.3. The van der Waals surface area contributed by atoms with Gasteiger partial charge in [-0.3, -0.25) is 19.5 Å². The standard InChI is InChI=1S/C21H28N4O2S/c1-4-14-5-6-15(23-9-14)10-25-8-7-16-17(12-28-18(16)11-25)21(27)24-19(13(2)3)20(22)26/h5-6,9,12-13,19H,4,7-8,10-11H2,1-3H3,(H2,22,26)(H,24,27)/t19-/m0/s1. The SMILES string of the molecule is CCc1ccc(CN2CCc3c(C(=O)N[C@H](C(N)=O)C(C)C)csc3C2)nc1. The predicted octanol–water partition coefficient (Wildman–Crippen LogP) is 2.50. The van der Waals surface area contributed by atoms with Crippen LogP contribution in [0.1, 0.15) is 52.8 Å². The number of pyridine rings is 1. The lowest BCUT2D eigenvalue weighted by molar-refractivity contribution is -0.120. The topological polar surface area (TPSA) is 88.3 Å². The Balaban J connectivity index is 1.66. The molecule has 2 aromatic heterocycles. The van der Waals surface area contributed by atoms with Crippen molar-refractivity contribution in [1.82, 2.24) is 15.2 Å². The number of hydrogen-bond donors (Lipinski definition) is 2. The number of nitrogens with zero attached hydrogens (tertiary/aromatic N) is 2. The molecule has 3 heterocycles. The van der Waals surface area contributed by atoms with E-state index >= 15 is 0 Å². The van der Waals surface area contributed by atoms with Gasteiger partial charge in [0.05, 0.1) is 11.3 Å². The maximum absolute atomic E-state index is 12.7. The van der Waals surface area contributed by atoms with Crippen LogP contribution >= 0.6 is 11.3 Å². The monoisotopic (exact) mass is 400 g/mol. The number of primary amides is 1. The first kappa shape index (κ1) is 20.5. The molecule has 6 nitrogen and oxygen atoms in total. The maximum atomic E-state index is 12.7. The van der Waals surface area contributed by atoms with Gasteiger partial charge in [0.25, 0.3) is 5.91 Å². The number of rotatable bonds is 7. The van der Waals surface area contributed by atoms with Gasteiger partial charge in [-0.2, -0.15) is 0 Å². The second kappa shape index (κ2) is 8.84. The fourth-order valence-electron chi connectivity index (χ4n) is 3.48. The van der Waals surface area contributed by atoms with Crippen molar-refractivity contribution in [3.63, 3.8) is 0 Å². The Hall–Kier alpha value is -2.25. The van der Waals surface area contributed by atoms with Crippen LogP contribution in [0, 0.1) is 5.92 Å². The number of fused-ring (bicyclic) bond motifs is 1. The van der Waals surface area contributed by atoms with Crippen LogP contribution in [0.15, 0.2) is 23.7 Å². The average molecular weight is 401 g/mol. The molecular formula is C21H28N4O2S. The van der Waals surface area contributed by atoms with Crippen molar-refractivity contribution < 1.29 is 9.59 Å². The molecule has 0 bridgehead atoms. The molecule has 2 aromatic rings. The maximum Gasteiger partial charge on any atom is 0.253 e. The summed E-state index contributed by atoms with van der Waals surface area (Å²) in [5, 5.41) is 4.70. The summed E-state index contributed by atoms with van der Waals surface area (Å²) in [5.41, 5.74) is 9.51. The second-order valence-corrected chi connectivity index (χ2v) is 8.58. The number of amides is 2. The van der Waals surface area contributed by atoms with Crippen LogP contribution in [0.5, 0.6) is 0 Å². The number of carbonyl (C=O) groups is 2. The molecule has 0 saturated carbocycles.